The maximum absolute atomic E-state index is 3.78. The van der Waals surface area contributed by atoms with Gasteiger partial charge in [0.1, 0.15) is 0 Å². The van der Waals surface area contributed by atoms with Crippen LogP contribution in [0.1, 0.15) is 25.7 Å². The van der Waals surface area contributed by atoms with E-state index in [1.165, 1.54) is 38.0 Å². The van der Waals surface area contributed by atoms with Gasteiger partial charge in [0.25, 0.3) is 0 Å². The van der Waals surface area contributed by atoms with Crippen molar-refractivity contribution in [1.82, 2.24) is 5.32 Å². The van der Waals surface area contributed by atoms with E-state index in [-0.39, 0.29) is 0 Å². The van der Waals surface area contributed by atoms with Gasteiger partial charge in [-0.15, -0.1) is 0 Å². The van der Waals surface area contributed by atoms with Gasteiger partial charge < -0.3 is 5.32 Å². The van der Waals surface area contributed by atoms with Gasteiger partial charge in [-0.05, 0) is 43.3 Å². The molecule has 2 fully saturated rings. The fraction of sp³-hybridized carbons (Fsp3) is 0.833. The highest BCUT2D eigenvalue weighted by Gasteiger charge is 2.35. The Labute approximate surface area is 90.7 Å². The van der Waals surface area contributed by atoms with Crippen LogP contribution in [0.2, 0.25) is 0 Å². The zero-order valence-corrected chi connectivity index (χ0v) is 9.43. The molecule has 14 heavy (non-hydrogen) atoms. The molecule has 0 spiro atoms. The van der Waals surface area contributed by atoms with Gasteiger partial charge in [-0.2, -0.15) is 11.8 Å². The highest BCUT2D eigenvalue weighted by atomic mass is 32.2. The van der Waals surface area contributed by atoms with E-state index in [2.05, 4.69) is 29.2 Å². The lowest BCUT2D eigenvalue weighted by atomic mass is 10.0. The summed E-state index contributed by atoms with van der Waals surface area (Å²) in [6.07, 6.45) is 10.6. The van der Waals surface area contributed by atoms with Crippen LogP contribution in [0.5, 0.6) is 0 Å². The van der Waals surface area contributed by atoms with Gasteiger partial charge in [0, 0.05) is 17.8 Å². The Morgan fingerprint density at radius 3 is 2.93 bits per heavy atom. The van der Waals surface area contributed by atoms with Crippen molar-refractivity contribution in [2.45, 2.75) is 37.0 Å². The maximum Gasteiger partial charge on any atom is 0.0172 e. The predicted octanol–water partition coefficient (Wildman–Crippen LogP) is 2.44. The Morgan fingerprint density at radius 2 is 2.29 bits per heavy atom. The molecule has 0 aromatic carbocycles. The van der Waals surface area contributed by atoms with Crippen molar-refractivity contribution in [2.75, 3.05) is 12.3 Å². The third-order valence-corrected chi connectivity index (χ3v) is 5.31. The lowest BCUT2D eigenvalue weighted by Gasteiger charge is -2.21. The minimum Gasteiger partial charge on any atom is -0.312 e. The summed E-state index contributed by atoms with van der Waals surface area (Å²) in [7, 11) is 0. The molecule has 0 amide bonds. The first-order chi connectivity index (χ1) is 6.92. The van der Waals surface area contributed by atoms with Gasteiger partial charge in [0.15, 0.2) is 0 Å². The lowest BCUT2D eigenvalue weighted by molar-refractivity contribution is 0.448. The Bertz CT molecular complexity index is 232. The second kappa shape index (κ2) is 3.90. The third-order valence-electron chi connectivity index (χ3n) is 3.91. The summed E-state index contributed by atoms with van der Waals surface area (Å²) in [4.78, 5) is 0. The van der Waals surface area contributed by atoms with E-state index in [9.17, 15) is 0 Å². The molecule has 1 N–H and O–H groups in total. The van der Waals surface area contributed by atoms with Gasteiger partial charge >= 0.3 is 0 Å². The lowest BCUT2D eigenvalue weighted by Crippen LogP contribution is -2.36. The van der Waals surface area contributed by atoms with Crippen LogP contribution in [-0.4, -0.2) is 23.6 Å². The fourth-order valence-electron chi connectivity index (χ4n) is 3.10. The molecular weight excluding hydrogens is 190 g/mol. The molecule has 1 aliphatic heterocycles. The summed E-state index contributed by atoms with van der Waals surface area (Å²) in [5, 5.41) is 4.70. The predicted molar refractivity (Wildman–Crippen MR) is 62.6 cm³/mol. The number of fused-ring (bicyclic) bond motifs is 2. The third kappa shape index (κ3) is 1.74. The van der Waals surface area contributed by atoms with Crippen LogP contribution in [0.4, 0.5) is 0 Å². The molecule has 2 unspecified atom stereocenters. The number of thioether (sulfide) groups is 1. The van der Waals surface area contributed by atoms with Crippen molar-refractivity contribution in [3.8, 4) is 0 Å². The van der Waals surface area contributed by atoms with Crippen LogP contribution >= 0.6 is 11.8 Å². The summed E-state index contributed by atoms with van der Waals surface area (Å²) >= 11 is 2.17. The number of allylic oxidation sites excluding steroid dienone is 1. The Morgan fingerprint density at radius 1 is 1.29 bits per heavy atom. The van der Waals surface area contributed by atoms with E-state index in [1.54, 1.807) is 0 Å². The summed E-state index contributed by atoms with van der Waals surface area (Å²) in [5.41, 5.74) is 0. The van der Waals surface area contributed by atoms with Crippen LogP contribution in [0.3, 0.4) is 0 Å². The van der Waals surface area contributed by atoms with Gasteiger partial charge in [0.05, 0.1) is 0 Å². The summed E-state index contributed by atoms with van der Waals surface area (Å²) in [5.74, 6) is 3.17. The van der Waals surface area contributed by atoms with Crippen molar-refractivity contribution in [3.63, 3.8) is 0 Å². The average Bonchev–Trinajstić information content (AvgIpc) is 2.91. The minimum absolute atomic E-state index is 0.811. The van der Waals surface area contributed by atoms with E-state index in [0.717, 1.165) is 23.1 Å². The normalized spacial score (nSPS) is 45.1. The topological polar surface area (TPSA) is 12.0 Å². The summed E-state index contributed by atoms with van der Waals surface area (Å²) in [6, 6.07) is 0.811. The smallest absolute Gasteiger partial charge is 0.0172 e. The highest BCUT2D eigenvalue weighted by molar-refractivity contribution is 8.00. The molecule has 0 aromatic heterocycles. The fourth-order valence-corrected chi connectivity index (χ4v) is 4.32. The molecule has 2 aliphatic carbocycles. The van der Waals surface area contributed by atoms with Crippen LogP contribution in [-0.2, 0) is 0 Å². The van der Waals surface area contributed by atoms with Gasteiger partial charge in [-0.25, -0.2) is 0 Å². The zero-order valence-electron chi connectivity index (χ0n) is 8.61. The second-order valence-corrected chi connectivity index (χ2v) is 6.34. The molecule has 0 radical (unpaired) electrons. The minimum atomic E-state index is 0.811. The quantitative estimate of drug-likeness (QED) is 0.717. The maximum atomic E-state index is 3.78. The Kier molecular flexibility index (Phi) is 2.59. The summed E-state index contributed by atoms with van der Waals surface area (Å²) < 4.78 is 0. The molecule has 1 heterocycles. The van der Waals surface area contributed by atoms with E-state index >= 15 is 0 Å². The molecule has 2 heteroatoms. The molecule has 78 valence electrons. The van der Waals surface area contributed by atoms with Crippen molar-refractivity contribution < 1.29 is 0 Å². The Balaban J connectivity index is 1.47. The molecule has 1 saturated heterocycles. The van der Waals surface area contributed by atoms with E-state index in [1.807, 2.05) is 0 Å². The van der Waals surface area contributed by atoms with Crippen LogP contribution in [0.25, 0.3) is 0 Å². The van der Waals surface area contributed by atoms with Crippen molar-refractivity contribution >= 4 is 11.8 Å². The summed E-state index contributed by atoms with van der Waals surface area (Å²) in [6.45, 7) is 1.26. The van der Waals surface area contributed by atoms with Crippen molar-refractivity contribution in [1.29, 1.82) is 0 Å². The first kappa shape index (κ1) is 9.29. The molecule has 3 rings (SSSR count). The highest BCUT2D eigenvalue weighted by Crippen LogP contribution is 2.39. The first-order valence-electron chi connectivity index (χ1n) is 5.95. The molecule has 3 aliphatic rings. The van der Waals surface area contributed by atoms with Crippen molar-refractivity contribution in [3.05, 3.63) is 12.2 Å². The van der Waals surface area contributed by atoms with Gasteiger partial charge in [-0.3, -0.25) is 0 Å². The van der Waals surface area contributed by atoms with Crippen LogP contribution in [0.15, 0.2) is 12.2 Å². The number of nitrogens with one attached hydrogen (secondary N) is 1. The van der Waals surface area contributed by atoms with Gasteiger partial charge in [-0.1, -0.05) is 12.2 Å². The molecule has 4 atom stereocenters. The monoisotopic (exact) mass is 209 g/mol. The number of hydrogen-bond donors (Lipinski definition) is 1. The van der Waals surface area contributed by atoms with Crippen LogP contribution in [0, 0.1) is 11.8 Å². The van der Waals surface area contributed by atoms with E-state index in [0.29, 0.717) is 0 Å². The average molecular weight is 209 g/mol. The number of rotatable bonds is 3. The molecule has 2 bridgehead atoms. The van der Waals surface area contributed by atoms with Crippen molar-refractivity contribution in [2.24, 2.45) is 11.8 Å². The molecule has 1 saturated carbocycles. The second-order valence-electron chi connectivity index (χ2n) is 4.93. The van der Waals surface area contributed by atoms with Crippen LogP contribution < -0.4 is 5.32 Å². The molecule has 0 aromatic rings. The molecule has 1 nitrogen and oxygen atoms in total. The number of hydrogen-bond acceptors (Lipinski definition) is 2. The van der Waals surface area contributed by atoms with Gasteiger partial charge in [0.2, 0.25) is 0 Å². The zero-order chi connectivity index (χ0) is 9.38. The van der Waals surface area contributed by atoms with E-state index in [4.69, 9.17) is 0 Å². The Hall–Kier alpha value is 0.0500. The molecular formula is C12H19NS. The first-order valence-corrected chi connectivity index (χ1v) is 7.00. The standard InChI is InChI=1S/C12H19NS/c1-2-11(14-5-1)8-13-12-7-9-3-4-10(12)6-9/h3-4,9-13H,1-2,5-8H2/t9-,10+,11?,12?/m1/s1. The SMILES string of the molecule is C1=C[C@H]2C[C@@H]1CC2NCC1CCCS1. The van der Waals surface area contributed by atoms with E-state index < -0.39 is 0 Å². The largest absolute Gasteiger partial charge is 0.312 e.